The number of nitro benzene ring substituents is 1. The Morgan fingerprint density at radius 1 is 0.829 bits per heavy atom. The first-order valence-electron chi connectivity index (χ1n) is 12.7. The molecular formula is C30H25N3O8. The smallest absolute Gasteiger partial charge is 0.271 e. The molecule has 4 aromatic rings. The summed E-state index contributed by atoms with van der Waals surface area (Å²) in [6, 6.07) is 21.2. The summed E-state index contributed by atoms with van der Waals surface area (Å²) in [5.74, 6) is -1.04. The third-order valence-electron chi connectivity index (χ3n) is 7.47. The highest BCUT2D eigenvalue weighted by molar-refractivity contribution is 6.26. The van der Waals surface area contributed by atoms with Crippen LogP contribution >= 0.6 is 0 Å². The fourth-order valence-electron chi connectivity index (χ4n) is 5.70. The molecule has 2 amide bonds. The van der Waals surface area contributed by atoms with E-state index >= 15 is 0 Å². The van der Waals surface area contributed by atoms with Crippen molar-refractivity contribution < 1.29 is 33.6 Å². The Bertz CT molecular complexity index is 1700. The van der Waals surface area contributed by atoms with Crippen molar-refractivity contribution in [2.75, 3.05) is 31.3 Å². The molecule has 11 nitrogen and oxygen atoms in total. The van der Waals surface area contributed by atoms with Crippen LogP contribution in [0.3, 0.4) is 0 Å². The molecule has 208 valence electrons. The highest BCUT2D eigenvalue weighted by atomic mass is 16.7. The minimum absolute atomic E-state index is 0.170. The number of ether oxygens (including phenoxy) is 3. The van der Waals surface area contributed by atoms with Crippen LogP contribution in [0.15, 0.2) is 78.9 Å². The van der Waals surface area contributed by atoms with Gasteiger partial charge in [-0.15, -0.1) is 0 Å². The molecule has 3 atom stereocenters. The van der Waals surface area contributed by atoms with Gasteiger partial charge in [-0.2, -0.15) is 0 Å². The van der Waals surface area contributed by atoms with Crippen molar-refractivity contribution in [3.8, 4) is 17.2 Å². The first-order chi connectivity index (χ1) is 19.9. The molecule has 11 heteroatoms. The summed E-state index contributed by atoms with van der Waals surface area (Å²) in [4.78, 5) is 46.6. The summed E-state index contributed by atoms with van der Waals surface area (Å²) in [6.07, 6.45) is -1.19. The van der Waals surface area contributed by atoms with Crippen LogP contribution in [0.2, 0.25) is 0 Å². The molecule has 0 spiro atoms. The number of nitro groups is 1. The number of rotatable bonds is 7. The van der Waals surface area contributed by atoms with E-state index < -0.39 is 34.8 Å². The van der Waals surface area contributed by atoms with Gasteiger partial charge in [0.2, 0.25) is 11.7 Å². The predicted molar refractivity (Wildman–Crippen MR) is 149 cm³/mol. The number of imide groups is 1. The second-order valence-electron chi connectivity index (χ2n) is 9.53. The summed E-state index contributed by atoms with van der Waals surface area (Å²) >= 11 is 0. The lowest BCUT2D eigenvalue weighted by Gasteiger charge is -2.30. The maximum atomic E-state index is 14.2. The number of nitrogens with zero attached hydrogens (tertiary/aromatic N) is 3. The number of hydrogen-bond acceptors (Lipinski definition) is 9. The Hall–Kier alpha value is -5.16. The van der Waals surface area contributed by atoms with Crippen molar-refractivity contribution in [1.29, 1.82) is 0 Å². The zero-order chi connectivity index (χ0) is 28.8. The number of non-ortho nitro benzene ring substituents is 1. The van der Waals surface area contributed by atoms with Gasteiger partial charge in [0.25, 0.3) is 11.6 Å². The number of carbonyl (C=O) groups is 2. The number of hydroxylamine groups is 1. The molecule has 3 unspecified atom stereocenters. The number of amides is 2. The van der Waals surface area contributed by atoms with Gasteiger partial charge in [0.15, 0.2) is 17.6 Å². The summed E-state index contributed by atoms with van der Waals surface area (Å²) < 4.78 is 16.8. The van der Waals surface area contributed by atoms with Crippen LogP contribution in [0.25, 0.3) is 10.8 Å². The number of fused-ring (bicyclic) bond motifs is 2. The van der Waals surface area contributed by atoms with E-state index in [1.54, 1.807) is 30.3 Å². The van der Waals surface area contributed by atoms with Crippen molar-refractivity contribution in [3.63, 3.8) is 0 Å². The SMILES string of the molecule is COc1ccc(C2C3C(=O)N(c4cccc5ccccc45)C(=O)C3ON2c2cccc([N+](=O)[O-])c2)c(OC)c1OC. The Morgan fingerprint density at radius 2 is 1.56 bits per heavy atom. The average Bonchev–Trinajstić information content (AvgIpc) is 3.51. The quantitative estimate of drug-likeness (QED) is 0.179. The van der Waals surface area contributed by atoms with Crippen molar-refractivity contribution in [1.82, 2.24) is 0 Å². The highest BCUT2D eigenvalue weighted by Gasteiger charge is 2.61. The lowest BCUT2D eigenvalue weighted by Crippen LogP contribution is -2.37. The minimum atomic E-state index is -1.19. The van der Waals surface area contributed by atoms with Gasteiger partial charge < -0.3 is 14.2 Å². The van der Waals surface area contributed by atoms with Gasteiger partial charge in [0, 0.05) is 23.1 Å². The minimum Gasteiger partial charge on any atom is -0.493 e. The van der Waals surface area contributed by atoms with Crippen LogP contribution < -0.4 is 24.2 Å². The van der Waals surface area contributed by atoms with Crippen molar-refractivity contribution in [2.45, 2.75) is 12.1 Å². The molecule has 2 aliphatic rings. The van der Waals surface area contributed by atoms with Crippen LogP contribution in [0, 0.1) is 16.0 Å². The monoisotopic (exact) mass is 555 g/mol. The molecule has 0 aromatic heterocycles. The molecule has 0 aliphatic carbocycles. The lowest BCUT2D eigenvalue weighted by molar-refractivity contribution is -0.384. The molecule has 6 rings (SSSR count). The predicted octanol–water partition coefficient (Wildman–Crippen LogP) is 4.82. The topological polar surface area (TPSA) is 121 Å². The second-order valence-corrected chi connectivity index (χ2v) is 9.53. The van der Waals surface area contributed by atoms with E-state index in [2.05, 4.69) is 0 Å². The first kappa shape index (κ1) is 26.1. The van der Waals surface area contributed by atoms with E-state index in [1.807, 2.05) is 30.3 Å². The van der Waals surface area contributed by atoms with Gasteiger partial charge >= 0.3 is 0 Å². The summed E-state index contributed by atoms with van der Waals surface area (Å²) in [5.41, 5.74) is 1.06. The molecule has 0 N–H and O–H groups in total. The van der Waals surface area contributed by atoms with Crippen LogP contribution in [0.1, 0.15) is 11.6 Å². The number of carbonyl (C=O) groups excluding carboxylic acids is 2. The van der Waals surface area contributed by atoms with Crippen molar-refractivity contribution in [2.24, 2.45) is 5.92 Å². The Morgan fingerprint density at radius 3 is 2.29 bits per heavy atom. The van der Waals surface area contributed by atoms with E-state index in [9.17, 15) is 19.7 Å². The Labute approximate surface area is 234 Å². The van der Waals surface area contributed by atoms with E-state index in [0.29, 0.717) is 22.7 Å². The number of hydrogen-bond donors (Lipinski definition) is 0. The molecule has 0 radical (unpaired) electrons. The molecule has 2 fully saturated rings. The van der Waals surface area contributed by atoms with Crippen molar-refractivity contribution in [3.05, 3.63) is 94.5 Å². The average molecular weight is 556 g/mol. The van der Waals surface area contributed by atoms with Gasteiger partial charge in [0.05, 0.1) is 37.6 Å². The van der Waals surface area contributed by atoms with Gasteiger partial charge in [-0.25, -0.2) is 9.96 Å². The number of anilines is 2. The molecule has 2 saturated heterocycles. The van der Waals surface area contributed by atoms with Gasteiger partial charge in [0.1, 0.15) is 12.0 Å². The van der Waals surface area contributed by atoms with Crippen LogP contribution in [-0.2, 0) is 14.4 Å². The van der Waals surface area contributed by atoms with Crippen molar-refractivity contribution >= 4 is 39.6 Å². The van der Waals surface area contributed by atoms with Crippen LogP contribution in [0.4, 0.5) is 17.1 Å². The number of benzene rings is 4. The normalized spacial score (nSPS) is 19.9. The Balaban J connectivity index is 1.53. The fraction of sp³-hybridized carbons (Fsp3) is 0.200. The van der Waals surface area contributed by atoms with E-state index in [4.69, 9.17) is 19.0 Å². The molecule has 41 heavy (non-hydrogen) atoms. The van der Waals surface area contributed by atoms with Gasteiger partial charge in [-0.3, -0.25) is 24.5 Å². The molecule has 0 saturated carbocycles. The zero-order valence-corrected chi connectivity index (χ0v) is 22.3. The van der Waals surface area contributed by atoms with E-state index in [-0.39, 0.29) is 17.2 Å². The first-order valence-corrected chi connectivity index (χ1v) is 12.7. The highest BCUT2D eigenvalue weighted by Crippen LogP contribution is 2.53. The summed E-state index contributed by atoms with van der Waals surface area (Å²) in [7, 11) is 4.40. The maximum Gasteiger partial charge on any atom is 0.271 e. The molecule has 2 heterocycles. The van der Waals surface area contributed by atoms with E-state index in [1.165, 1.54) is 49.5 Å². The van der Waals surface area contributed by atoms with E-state index in [0.717, 1.165) is 10.8 Å². The molecule has 0 bridgehead atoms. The standard InChI is InChI=1S/C30H25N3O8/c1-38-23-15-14-21(26(39-2)27(23)40-3)25-24-28(41-32(25)18-10-7-11-19(16-18)33(36)37)30(35)31(29(24)34)22-13-6-9-17-8-4-5-12-20(17)22/h4-16,24-25,28H,1-3H3. The molecular weight excluding hydrogens is 530 g/mol. The summed E-state index contributed by atoms with van der Waals surface area (Å²) in [5, 5.41) is 14.6. The van der Waals surface area contributed by atoms with Gasteiger partial charge in [-0.05, 0) is 29.7 Å². The Kier molecular flexibility index (Phi) is 6.43. The lowest BCUT2D eigenvalue weighted by atomic mass is 9.89. The van der Waals surface area contributed by atoms with Crippen LogP contribution in [-0.4, -0.2) is 44.2 Å². The third kappa shape index (κ3) is 4.01. The fourth-order valence-corrected chi connectivity index (χ4v) is 5.70. The summed E-state index contributed by atoms with van der Waals surface area (Å²) in [6.45, 7) is 0. The van der Waals surface area contributed by atoms with Gasteiger partial charge in [-0.1, -0.05) is 42.5 Å². The maximum absolute atomic E-state index is 14.2. The molecule has 4 aromatic carbocycles. The molecule has 2 aliphatic heterocycles. The largest absolute Gasteiger partial charge is 0.493 e. The number of methoxy groups -OCH3 is 3. The van der Waals surface area contributed by atoms with Crippen LogP contribution in [0.5, 0.6) is 17.2 Å². The zero-order valence-electron chi connectivity index (χ0n) is 22.3. The second kappa shape index (κ2) is 10.1. The third-order valence-corrected chi connectivity index (χ3v) is 7.47.